The number of hydrogen-bond donors (Lipinski definition) is 1. The first-order chi connectivity index (χ1) is 16.7. The summed E-state index contributed by atoms with van der Waals surface area (Å²) in [4.78, 5) is 29.2. The Morgan fingerprint density at radius 3 is 2.86 bits per heavy atom. The topological polar surface area (TPSA) is 103 Å². The van der Waals surface area contributed by atoms with Gasteiger partial charge in [-0.1, -0.05) is 0 Å². The lowest BCUT2D eigenvalue weighted by Crippen LogP contribution is -2.45. The van der Waals surface area contributed by atoms with Gasteiger partial charge in [0.25, 0.3) is 5.91 Å². The molecule has 0 bridgehead atoms. The van der Waals surface area contributed by atoms with E-state index in [1.165, 1.54) is 17.0 Å². The smallest absolute Gasteiger partial charge is 0.322 e. The zero-order chi connectivity index (χ0) is 25.3. The van der Waals surface area contributed by atoms with Crippen LogP contribution in [0.2, 0.25) is 0 Å². The first-order valence-corrected chi connectivity index (χ1v) is 11.2. The van der Waals surface area contributed by atoms with E-state index < -0.39 is 24.4 Å². The normalized spacial score (nSPS) is 19.7. The Labute approximate surface area is 200 Å². The van der Waals surface area contributed by atoms with Crippen LogP contribution >= 0.6 is 0 Å². The average Bonchev–Trinajstić information content (AvgIpc) is 3.09. The van der Waals surface area contributed by atoms with Crippen molar-refractivity contribution in [1.29, 1.82) is 5.26 Å². The van der Waals surface area contributed by atoms with Crippen LogP contribution in [-0.4, -0.2) is 70.3 Å². The third-order valence-electron chi connectivity index (χ3n) is 6.17. The first kappa shape index (κ1) is 24.5. The summed E-state index contributed by atoms with van der Waals surface area (Å²) in [7, 11) is 1.61. The van der Waals surface area contributed by atoms with Gasteiger partial charge in [-0.2, -0.15) is 10.4 Å². The Hall–Kier alpha value is -3.59. The summed E-state index contributed by atoms with van der Waals surface area (Å²) in [6.45, 7) is 2.31. The minimum atomic E-state index is -2.47. The van der Waals surface area contributed by atoms with Crippen LogP contribution in [0.25, 0.3) is 0 Å². The molecule has 4 rings (SSSR count). The van der Waals surface area contributed by atoms with E-state index in [0.717, 1.165) is 6.07 Å². The van der Waals surface area contributed by atoms with Crippen molar-refractivity contribution in [1.82, 2.24) is 19.6 Å². The second kappa shape index (κ2) is 9.95. The van der Waals surface area contributed by atoms with Crippen LogP contribution in [-0.2, 0) is 24.2 Å². The van der Waals surface area contributed by atoms with Crippen LogP contribution in [0.5, 0.6) is 0 Å². The molecular weight excluding hydrogens is 465 g/mol. The molecule has 3 heterocycles. The number of urea groups is 1. The number of amides is 3. The minimum Gasteiger partial charge on any atom is -0.374 e. The third-order valence-corrected chi connectivity index (χ3v) is 6.17. The summed E-state index contributed by atoms with van der Waals surface area (Å²) in [6.07, 6.45) is -2.94. The van der Waals surface area contributed by atoms with E-state index in [9.17, 15) is 22.8 Å². The fourth-order valence-electron chi connectivity index (χ4n) is 4.37. The lowest BCUT2D eigenvalue weighted by molar-refractivity contribution is 0.00152. The number of carbonyl (C=O) groups excluding carboxylic acids is 2. The fourth-order valence-corrected chi connectivity index (χ4v) is 4.37. The molecule has 1 N–H and O–H groups in total. The van der Waals surface area contributed by atoms with E-state index in [2.05, 4.69) is 10.4 Å². The molecule has 35 heavy (non-hydrogen) atoms. The van der Waals surface area contributed by atoms with Crippen LogP contribution in [0, 0.1) is 17.1 Å². The molecule has 2 aliphatic rings. The SMILES string of the molecule is C[C@@H]1Cc2nn3c(c2CN1C(=O)Nc1ccc(F)c(C#N)c1)C(=O)N(C)C[C@H](OCCC(F)F)C3. The number of aromatic nitrogens is 2. The van der Waals surface area contributed by atoms with Gasteiger partial charge >= 0.3 is 6.03 Å². The Kier molecular flexibility index (Phi) is 6.98. The molecule has 0 radical (unpaired) electrons. The lowest BCUT2D eigenvalue weighted by atomic mass is 9.99. The van der Waals surface area contributed by atoms with Gasteiger partial charge < -0.3 is 19.9 Å². The van der Waals surface area contributed by atoms with E-state index in [1.54, 1.807) is 22.7 Å². The Morgan fingerprint density at radius 2 is 2.14 bits per heavy atom. The molecule has 9 nitrogen and oxygen atoms in total. The van der Waals surface area contributed by atoms with Gasteiger partial charge in [0.2, 0.25) is 6.43 Å². The predicted octanol–water partition coefficient (Wildman–Crippen LogP) is 3.00. The molecule has 186 valence electrons. The van der Waals surface area contributed by atoms with Crippen molar-refractivity contribution in [2.45, 2.75) is 51.4 Å². The van der Waals surface area contributed by atoms with Crippen molar-refractivity contribution in [2.24, 2.45) is 0 Å². The maximum Gasteiger partial charge on any atom is 0.322 e. The number of likely N-dealkylation sites (N-methyl/N-ethyl adjacent to an activating group) is 1. The van der Waals surface area contributed by atoms with Crippen LogP contribution in [0.4, 0.5) is 23.7 Å². The van der Waals surface area contributed by atoms with Gasteiger partial charge in [-0.25, -0.2) is 18.0 Å². The Balaban J connectivity index is 1.55. The van der Waals surface area contributed by atoms with E-state index in [-0.39, 0.29) is 55.9 Å². The highest BCUT2D eigenvalue weighted by atomic mass is 19.3. The highest BCUT2D eigenvalue weighted by Crippen LogP contribution is 2.29. The summed E-state index contributed by atoms with van der Waals surface area (Å²) >= 11 is 0. The predicted molar refractivity (Wildman–Crippen MR) is 118 cm³/mol. The quantitative estimate of drug-likeness (QED) is 0.694. The van der Waals surface area contributed by atoms with Gasteiger partial charge in [0.1, 0.15) is 17.6 Å². The standard InChI is InChI=1S/C23H25F3N6O3/c1-13-7-19-17(12-31(13)23(34)28-15-3-4-18(24)14(8-15)9-27)21-22(33)30(2)10-16(11-32(21)29-19)35-6-5-20(25)26/h3-4,8,13,16,20H,5-7,10-12H2,1-2H3,(H,28,34)/t13-,16+/m1/s1. The second-order valence-electron chi connectivity index (χ2n) is 8.73. The first-order valence-electron chi connectivity index (χ1n) is 11.2. The molecule has 0 aliphatic carbocycles. The van der Waals surface area contributed by atoms with Crippen LogP contribution in [0.3, 0.4) is 0 Å². The molecule has 2 aromatic rings. The highest BCUT2D eigenvalue weighted by Gasteiger charge is 2.37. The molecule has 2 aliphatic heterocycles. The van der Waals surface area contributed by atoms with Gasteiger partial charge in [-0.05, 0) is 25.1 Å². The maximum absolute atomic E-state index is 13.6. The molecule has 2 atom stereocenters. The number of hydrogen-bond acceptors (Lipinski definition) is 5. The summed E-state index contributed by atoms with van der Waals surface area (Å²) in [5.74, 6) is -0.964. The number of halogens is 3. The number of anilines is 1. The van der Waals surface area contributed by atoms with Crippen molar-refractivity contribution >= 4 is 17.6 Å². The van der Waals surface area contributed by atoms with Crippen molar-refractivity contribution < 1.29 is 27.5 Å². The number of rotatable bonds is 5. The van der Waals surface area contributed by atoms with Crippen molar-refractivity contribution in [3.8, 4) is 6.07 Å². The number of fused-ring (bicyclic) bond motifs is 3. The van der Waals surface area contributed by atoms with E-state index >= 15 is 0 Å². The third kappa shape index (κ3) is 5.09. The largest absolute Gasteiger partial charge is 0.374 e. The molecule has 1 aromatic heterocycles. The van der Waals surface area contributed by atoms with Gasteiger partial charge in [-0.3, -0.25) is 9.48 Å². The Morgan fingerprint density at radius 1 is 1.37 bits per heavy atom. The van der Waals surface area contributed by atoms with Gasteiger partial charge in [0.05, 0.1) is 37.1 Å². The molecule has 0 unspecified atom stereocenters. The average molecular weight is 490 g/mol. The van der Waals surface area contributed by atoms with Crippen molar-refractivity contribution in [2.75, 3.05) is 25.5 Å². The minimum absolute atomic E-state index is 0.122. The highest BCUT2D eigenvalue weighted by molar-refractivity contribution is 5.95. The van der Waals surface area contributed by atoms with E-state index in [1.807, 2.05) is 6.92 Å². The Bertz CT molecular complexity index is 1180. The fraction of sp³-hybridized carbons (Fsp3) is 0.478. The number of nitrogens with zero attached hydrogens (tertiary/aromatic N) is 5. The zero-order valence-corrected chi connectivity index (χ0v) is 19.3. The molecule has 1 aromatic carbocycles. The number of ether oxygens (including phenoxy) is 1. The summed E-state index contributed by atoms with van der Waals surface area (Å²) in [5, 5.41) is 16.3. The van der Waals surface area contributed by atoms with Gasteiger partial charge in [-0.15, -0.1) is 0 Å². The van der Waals surface area contributed by atoms with E-state index in [0.29, 0.717) is 23.4 Å². The number of carbonyl (C=O) groups is 2. The van der Waals surface area contributed by atoms with Crippen molar-refractivity contribution in [3.05, 3.63) is 46.5 Å². The molecule has 0 saturated carbocycles. The monoisotopic (exact) mass is 490 g/mol. The molecular formula is C23H25F3N6O3. The van der Waals surface area contributed by atoms with Crippen LogP contribution in [0.1, 0.15) is 40.7 Å². The summed E-state index contributed by atoms with van der Waals surface area (Å²) in [6, 6.07) is 4.77. The number of nitrogens with one attached hydrogen (secondary N) is 1. The van der Waals surface area contributed by atoms with Crippen molar-refractivity contribution in [3.63, 3.8) is 0 Å². The van der Waals surface area contributed by atoms with Crippen LogP contribution in [0.15, 0.2) is 18.2 Å². The summed E-state index contributed by atoms with van der Waals surface area (Å²) in [5.41, 5.74) is 1.76. The number of nitriles is 1. The van der Waals surface area contributed by atoms with Gasteiger partial charge in [0, 0.05) is 43.7 Å². The zero-order valence-electron chi connectivity index (χ0n) is 19.3. The maximum atomic E-state index is 13.6. The molecule has 0 fully saturated rings. The van der Waals surface area contributed by atoms with Crippen LogP contribution < -0.4 is 5.32 Å². The molecule has 12 heteroatoms. The number of benzene rings is 1. The summed E-state index contributed by atoms with van der Waals surface area (Å²) < 4.78 is 45.8. The molecule has 0 saturated heterocycles. The second-order valence-corrected chi connectivity index (χ2v) is 8.73. The van der Waals surface area contributed by atoms with Gasteiger partial charge in [0.15, 0.2) is 0 Å². The van der Waals surface area contributed by atoms with E-state index in [4.69, 9.17) is 10.00 Å². The molecule has 0 spiro atoms. The molecule has 3 amide bonds. The number of alkyl halides is 2. The lowest BCUT2D eigenvalue weighted by Gasteiger charge is -2.33.